The van der Waals surface area contributed by atoms with Gasteiger partial charge in [-0.05, 0) is 54.8 Å². The third-order valence-electron chi connectivity index (χ3n) is 7.43. The van der Waals surface area contributed by atoms with E-state index in [9.17, 15) is 24.0 Å². The molecule has 2 aliphatic rings. The zero-order valence-electron chi connectivity index (χ0n) is 21.5. The molecule has 39 heavy (non-hydrogen) atoms. The molecule has 7 amide bonds. The second-order valence-electron chi connectivity index (χ2n) is 9.76. The van der Waals surface area contributed by atoms with Crippen molar-refractivity contribution >= 4 is 41.3 Å². The minimum absolute atomic E-state index is 0.157. The zero-order valence-corrected chi connectivity index (χ0v) is 21.5. The van der Waals surface area contributed by atoms with E-state index < -0.39 is 29.0 Å². The van der Waals surface area contributed by atoms with E-state index in [0.717, 1.165) is 11.1 Å². The van der Waals surface area contributed by atoms with Crippen molar-refractivity contribution in [2.75, 3.05) is 13.7 Å². The first kappa shape index (κ1) is 25.8. The van der Waals surface area contributed by atoms with E-state index in [4.69, 9.17) is 9.15 Å². The van der Waals surface area contributed by atoms with E-state index in [1.165, 1.54) is 12.0 Å². The van der Waals surface area contributed by atoms with Crippen LogP contribution in [0.25, 0.3) is 11.0 Å². The molecule has 202 valence electrons. The molecule has 3 aromatic rings. The quantitative estimate of drug-likeness (QED) is 0.255. The van der Waals surface area contributed by atoms with E-state index in [-0.39, 0.29) is 24.8 Å². The molecule has 4 N–H and O–H groups in total. The van der Waals surface area contributed by atoms with Gasteiger partial charge in [0.15, 0.2) is 5.54 Å². The Morgan fingerprint density at radius 2 is 2.00 bits per heavy atom. The maximum Gasteiger partial charge on any atom is 0.322 e. The highest BCUT2D eigenvalue weighted by Gasteiger charge is 2.53. The number of nitrogens with zero attached hydrogens (tertiary/aromatic N) is 1. The van der Waals surface area contributed by atoms with Crippen molar-refractivity contribution in [2.24, 2.45) is 0 Å². The van der Waals surface area contributed by atoms with Gasteiger partial charge in [0.05, 0.1) is 19.2 Å². The monoisotopic (exact) mass is 533 g/mol. The lowest BCUT2D eigenvalue weighted by molar-refractivity contribution is -0.125. The predicted octanol–water partition coefficient (Wildman–Crippen LogP) is 2.21. The predicted molar refractivity (Wildman–Crippen MR) is 138 cm³/mol. The van der Waals surface area contributed by atoms with E-state index in [1.807, 2.05) is 13.8 Å². The number of imide groups is 2. The second-order valence-corrected chi connectivity index (χ2v) is 9.76. The van der Waals surface area contributed by atoms with Crippen molar-refractivity contribution < 1.29 is 33.1 Å². The number of furan rings is 1. The highest BCUT2D eigenvalue weighted by atomic mass is 16.5. The second kappa shape index (κ2) is 9.46. The molecule has 1 saturated heterocycles. The van der Waals surface area contributed by atoms with Gasteiger partial charge in [-0.1, -0.05) is 19.1 Å². The summed E-state index contributed by atoms with van der Waals surface area (Å²) in [5.41, 5.74) is -0.0517. The van der Waals surface area contributed by atoms with Crippen LogP contribution in [0.5, 0.6) is 5.75 Å². The third-order valence-corrected chi connectivity index (χ3v) is 7.43. The number of benzene rings is 2. The highest BCUT2D eigenvalue weighted by Crippen LogP contribution is 2.36. The molecule has 1 unspecified atom stereocenters. The Hall–Kier alpha value is -4.87. The van der Waals surface area contributed by atoms with Gasteiger partial charge in [0.2, 0.25) is 6.41 Å². The molecule has 2 aromatic carbocycles. The average Bonchev–Trinajstić information content (AvgIpc) is 3.57. The summed E-state index contributed by atoms with van der Waals surface area (Å²) < 4.78 is 11.3. The van der Waals surface area contributed by atoms with Gasteiger partial charge in [-0.2, -0.15) is 0 Å². The van der Waals surface area contributed by atoms with E-state index in [1.54, 1.807) is 42.5 Å². The number of urea groups is 2. The molecule has 0 saturated carbocycles. The fourth-order valence-electron chi connectivity index (χ4n) is 5.04. The van der Waals surface area contributed by atoms with Gasteiger partial charge in [-0.3, -0.25) is 25.0 Å². The maximum atomic E-state index is 13.2. The van der Waals surface area contributed by atoms with Crippen LogP contribution in [0.1, 0.15) is 47.5 Å². The van der Waals surface area contributed by atoms with Crippen molar-refractivity contribution in [2.45, 2.75) is 37.9 Å². The van der Waals surface area contributed by atoms with Crippen molar-refractivity contribution in [3.8, 4) is 5.75 Å². The molecule has 1 fully saturated rings. The van der Waals surface area contributed by atoms with Crippen LogP contribution < -0.4 is 26.0 Å². The van der Waals surface area contributed by atoms with Crippen LogP contribution >= 0.6 is 0 Å². The summed E-state index contributed by atoms with van der Waals surface area (Å²) in [6, 6.07) is 10.8. The van der Waals surface area contributed by atoms with Crippen LogP contribution in [0, 0.1) is 0 Å². The summed E-state index contributed by atoms with van der Waals surface area (Å²) in [5, 5.41) is 10.4. The molecule has 0 aliphatic carbocycles. The number of fused-ring (bicyclic) bond motifs is 2. The van der Waals surface area contributed by atoms with Crippen molar-refractivity contribution in [1.82, 2.24) is 26.2 Å². The Labute approximate surface area is 223 Å². The lowest BCUT2D eigenvalue weighted by Crippen LogP contribution is -2.52. The summed E-state index contributed by atoms with van der Waals surface area (Å²) in [6.07, 6.45) is 0.817. The summed E-state index contributed by atoms with van der Waals surface area (Å²) in [6.45, 7) is 3.79. The number of rotatable bonds is 8. The standard InChI is InChI=1S/C27H27N5O7/c1-4-26(2,30-24(36)28-14-33)17-6-8-20-16(9-17)10-21(39-20)27(23(35)29-25(37)31-27)13-32-12-15-5-7-18(38-3)11-19(15)22(32)34/h5-11,14H,4,12-13H2,1-3H3,(H2,28,30,33,36)(H2,29,31,35,37)/t26?,27-/m0/s1. The van der Waals surface area contributed by atoms with Gasteiger partial charge < -0.3 is 24.7 Å². The number of amides is 7. The molecule has 0 bridgehead atoms. The third kappa shape index (κ3) is 4.33. The van der Waals surface area contributed by atoms with Crippen LogP contribution in [0.4, 0.5) is 9.59 Å². The average molecular weight is 534 g/mol. The Morgan fingerprint density at radius 3 is 2.67 bits per heavy atom. The van der Waals surface area contributed by atoms with Crippen molar-refractivity contribution in [1.29, 1.82) is 0 Å². The molecular weight excluding hydrogens is 506 g/mol. The van der Waals surface area contributed by atoms with Crippen molar-refractivity contribution in [3.63, 3.8) is 0 Å². The van der Waals surface area contributed by atoms with Crippen LogP contribution in [-0.4, -0.2) is 48.8 Å². The number of nitrogens with one attached hydrogen (secondary N) is 4. The number of methoxy groups -OCH3 is 1. The van der Waals surface area contributed by atoms with Gasteiger partial charge >= 0.3 is 12.1 Å². The summed E-state index contributed by atoms with van der Waals surface area (Å²) in [5.74, 6) is -0.243. The topological polar surface area (TPSA) is 159 Å². The van der Waals surface area contributed by atoms with E-state index in [0.29, 0.717) is 35.1 Å². The van der Waals surface area contributed by atoms with Gasteiger partial charge in [0, 0.05) is 17.5 Å². The molecule has 3 heterocycles. The molecule has 12 heteroatoms. The number of hydrogen-bond donors (Lipinski definition) is 4. The van der Waals surface area contributed by atoms with Gasteiger partial charge in [0.25, 0.3) is 11.8 Å². The molecule has 0 radical (unpaired) electrons. The molecular formula is C27H27N5O7. The van der Waals surface area contributed by atoms with Crippen LogP contribution in [0.2, 0.25) is 0 Å². The fourth-order valence-corrected chi connectivity index (χ4v) is 5.04. The van der Waals surface area contributed by atoms with Gasteiger partial charge in [-0.25, -0.2) is 9.59 Å². The number of carbonyl (C=O) groups excluding carboxylic acids is 5. The lowest BCUT2D eigenvalue weighted by Gasteiger charge is -2.30. The Kier molecular flexibility index (Phi) is 6.25. The Bertz CT molecular complexity index is 1530. The number of hydrogen-bond acceptors (Lipinski definition) is 7. The normalized spacial score (nSPS) is 19.8. The molecule has 2 aliphatic heterocycles. The number of ether oxygens (including phenoxy) is 1. The van der Waals surface area contributed by atoms with Gasteiger partial charge in [0.1, 0.15) is 17.1 Å². The Morgan fingerprint density at radius 1 is 1.21 bits per heavy atom. The maximum absolute atomic E-state index is 13.2. The lowest BCUT2D eigenvalue weighted by atomic mass is 9.88. The highest BCUT2D eigenvalue weighted by molar-refractivity contribution is 6.08. The fraction of sp³-hybridized carbons (Fsp3) is 0.296. The summed E-state index contributed by atoms with van der Waals surface area (Å²) >= 11 is 0. The zero-order chi connectivity index (χ0) is 27.9. The summed E-state index contributed by atoms with van der Waals surface area (Å²) in [7, 11) is 1.51. The van der Waals surface area contributed by atoms with E-state index >= 15 is 0 Å². The van der Waals surface area contributed by atoms with Gasteiger partial charge in [-0.15, -0.1) is 0 Å². The summed E-state index contributed by atoms with van der Waals surface area (Å²) in [4.78, 5) is 63.0. The molecule has 0 spiro atoms. The molecule has 2 atom stereocenters. The first-order valence-electron chi connectivity index (χ1n) is 12.3. The smallest absolute Gasteiger partial charge is 0.322 e. The Balaban J connectivity index is 1.50. The minimum atomic E-state index is -1.66. The van der Waals surface area contributed by atoms with Crippen LogP contribution in [-0.2, 0) is 27.2 Å². The van der Waals surface area contributed by atoms with Crippen molar-refractivity contribution in [3.05, 3.63) is 64.9 Å². The first-order valence-corrected chi connectivity index (χ1v) is 12.3. The van der Waals surface area contributed by atoms with E-state index in [2.05, 4.69) is 21.3 Å². The molecule has 12 nitrogen and oxygen atoms in total. The molecule has 1 aromatic heterocycles. The first-order chi connectivity index (χ1) is 18.6. The largest absolute Gasteiger partial charge is 0.497 e. The number of carbonyl (C=O) groups is 5. The minimum Gasteiger partial charge on any atom is -0.497 e. The van der Waals surface area contributed by atoms with Crippen LogP contribution in [0.15, 0.2) is 46.9 Å². The SMILES string of the molecule is CCC(C)(NC(=O)NC=O)c1ccc2oc([C@]3(CN4Cc5ccc(OC)cc5C4=O)NC(=O)NC3=O)cc2c1. The molecule has 5 rings (SSSR count). The van der Waals surface area contributed by atoms with Crippen LogP contribution in [0.3, 0.4) is 0 Å².